The highest BCUT2D eigenvalue weighted by atomic mass is 16.4. The first-order valence-electron chi connectivity index (χ1n) is 17.8. The van der Waals surface area contributed by atoms with Crippen LogP contribution in [0.2, 0.25) is 0 Å². The third-order valence-electron chi connectivity index (χ3n) is 12.2. The summed E-state index contributed by atoms with van der Waals surface area (Å²) < 4.78 is 12.9. The van der Waals surface area contributed by atoms with Crippen molar-refractivity contribution < 1.29 is 8.83 Å². The maximum atomic E-state index is 6.82. The third-order valence-corrected chi connectivity index (χ3v) is 12.2. The van der Waals surface area contributed by atoms with Gasteiger partial charge in [0.05, 0.1) is 11.5 Å². The summed E-state index contributed by atoms with van der Waals surface area (Å²) in [6.45, 7) is 2.16. The van der Waals surface area contributed by atoms with E-state index in [-0.39, 0.29) is 11.5 Å². The van der Waals surface area contributed by atoms with Crippen LogP contribution in [0.3, 0.4) is 0 Å². The van der Waals surface area contributed by atoms with Crippen molar-refractivity contribution in [3.05, 3.63) is 157 Å². The van der Waals surface area contributed by atoms with Crippen LogP contribution >= 0.6 is 0 Å². The molecule has 5 atom stereocenters. The Kier molecular flexibility index (Phi) is 5.74. The van der Waals surface area contributed by atoms with Crippen LogP contribution in [0.5, 0.6) is 0 Å². The molecule has 50 heavy (non-hydrogen) atoms. The summed E-state index contributed by atoms with van der Waals surface area (Å²) in [5.74, 6) is 2.47. The lowest BCUT2D eigenvalue weighted by Gasteiger charge is -2.50. The average Bonchev–Trinajstić information content (AvgIpc) is 3.85. The van der Waals surface area contributed by atoms with Crippen molar-refractivity contribution in [3.63, 3.8) is 0 Å². The van der Waals surface area contributed by atoms with E-state index in [1.54, 1.807) is 0 Å². The van der Waals surface area contributed by atoms with Crippen molar-refractivity contribution in [1.29, 1.82) is 0 Å². The van der Waals surface area contributed by atoms with Crippen LogP contribution in [-0.2, 0) is 10.8 Å². The number of hydrogen-bond donors (Lipinski definition) is 0. The summed E-state index contributed by atoms with van der Waals surface area (Å²) >= 11 is 0. The van der Waals surface area contributed by atoms with E-state index in [9.17, 15) is 0 Å². The highest BCUT2D eigenvalue weighted by molar-refractivity contribution is 5.83. The highest BCUT2D eigenvalue weighted by Gasteiger charge is 2.67. The van der Waals surface area contributed by atoms with Crippen molar-refractivity contribution in [3.8, 4) is 22.6 Å². The third kappa shape index (κ3) is 3.78. The predicted octanol–water partition coefficient (Wildman–Crippen LogP) is 10.9. The fourth-order valence-corrected chi connectivity index (χ4v) is 9.79. The Labute approximate surface area is 290 Å². The molecule has 1 aliphatic heterocycles. The molecule has 0 N–H and O–H groups in total. The first-order chi connectivity index (χ1) is 24.6. The number of hydrogen-bond acceptors (Lipinski definition) is 5. The summed E-state index contributed by atoms with van der Waals surface area (Å²) in [6.07, 6.45) is 13.2. The topological polar surface area (TPSA) is 55.3 Å². The molecule has 7 aromatic rings. The number of allylic oxidation sites excluding steroid dienone is 3. The number of rotatable bonds is 4. The molecule has 3 heterocycles. The van der Waals surface area contributed by atoms with E-state index >= 15 is 0 Å². The lowest BCUT2D eigenvalue weighted by atomic mass is 9.53. The number of aromatic nitrogens is 2. The molecule has 5 aliphatic rings. The van der Waals surface area contributed by atoms with Crippen molar-refractivity contribution >= 4 is 33.6 Å². The van der Waals surface area contributed by atoms with E-state index in [4.69, 9.17) is 18.8 Å². The maximum Gasteiger partial charge on any atom is 0.227 e. The molecular formula is C45H35N3O2. The van der Waals surface area contributed by atoms with Gasteiger partial charge in [-0.1, -0.05) is 84.5 Å². The summed E-state index contributed by atoms with van der Waals surface area (Å²) in [5.41, 5.74) is 11.2. The fourth-order valence-electron chi connectivity index (χ4n) is 9.79. The monoisotopic (exact) mass is 649 g/mol. The first kappa shape index (κ1) is 28.2. The van der Waals surface area contributed by atoms with Gasteiger partial charge >= 0.3 is 0 Å². The lowest BCUT2D eigenvalue weighted by Crippen LogP contribution is -2.56. The summed E-state index contributed by atoms with van der Waals surface area (Å²) in [4.78, 5) is 12.6. The van der Waals surface area contributed by atoms with E-state index in [1.807, 2.05) is 30.3 Å². The number of benzene rings is 5. The molecule has 4 aliphatic carbocycles. The van der Waals surface area contributed by atoms with E-state index in [2.05, 4.69) is 121 Å². The molecule has 5 nitrogen and oxygen atoms in total. The maximum absolute atomic E-state index is 6.82. The van der Waals surface area contributed by atoms with Gasteiger partial charge in [0, 0.05) is 22.4 Å². The molecule has 1 spiro atoms. The smallest absolute Gasteiger partial charge is 0.227 e. The van der Waals surface area contributed by atoms with Crippen LogP contribution in [0.15, 0.2) is 148 Å². The molecule has 4 bridgehead atoms. The normalized spacial score (nSPS) is 26.0. The largest absolute Gasteiger partial charge is 0.440 e. The second-order valence-electron chi connectivity index (χ2n) is 14.7. The fraction of sp³-hybridized carbons (Fsp3) is 0.200. The summed E-state index contributed by atoms with van der Waals surface area (Å²) in [5, 5.41) is 0. The van der Waals surface area contributed by atoms with Crippen molar-refractivity contribution in [2.75, 3.05) is 4.90 Å². The first-order valence-corrected chi connectivity index (χ1v) is 17.8. The van der Waals surface area contributed by atoms with Gasteiger partial charge in [-0.2, -0.15) is 0 Å². The minimum atomic E-state index is -0.406. The minimum absolute atomic E-state index is 0.102. The van der Waals surface area contributed by atoms with E-state index < -0.39 is 5.41 Å². The van der Waals surface area contributed by atoms with Crippen LogP contribution in [0.25, 0.3) is 44.8 Å². The van der Waals surface area contributed by atoms with Crippen molar-refractivity contribution in [1.82, 2.24) is 9.97 Å². The van der Waals surface area contributed by atoms with Gasteiger partial charge in [-0.05, 0) is 115 Å². The molecule has 5 heteroatoms. The molecular weight excluding hydrogens is 615 g/mol. The van der Waals surface area contributed by atoms with E-state index in [1.165, 1.54) is 33.6 Å². The zero-order valence-electron chi connectivity index (χ0n) is 27.8. The molecule has 12 rings (SSSR count). The number of para-hydroxylation sites is 4. The number of oxazole rings is 2. The highest BCUT2D eigenvalue weighted by Crippen LogP contribution is 2.68. The zero-order chi connectivity index (χ0) is 33.0. The molecule has 2 aromatic heterocycles. The average molecular weight is 650 g/mol. The molecule has 4 unspecified atom stereocenters. The minimum Gasteiger partial charge on any atom is -0.440 e. The van der Waals surface area contributed by atoms with Crippen molar-refractivity contribution in [2.24, 2.45) is 11.8 Å². The Balaban J connectivity index is 1.12. The molecule has 242 valence electrons. The quantitative estimate of drug-likeness (QED) is 0.178. The van der Waals surface area contributed by atoms with E-state index in [0.717, 1.165) is 52.9 Å². The molecule has 0 saturated heterocycles. The molecule has 0 amide bonds. The van der Waals surface area contributed by atoms with Crippen molar-refractivity contribution in [2.45, 2.75) is 43.1 Å². The number of fused-ring (bicyclic) bond motifs is 4. The standard InChI is InChI=1S/C45H35N3O2/c1-28-10-18-34(19-11-28)48-38-20-16-32(29-12-14-31(15-13-29)42-46-36-6-2-4-8-39(36)49-42)26-35(38)45-27-33(17-21-41(45)48)30-22-24-44(45,25-23-30)43-47-37-7-3-5-9-40(37)50-43/h2-22,24,26,30,33,41H,23,25,27H2,1H3/t30?,33?,41?,44?,45-/m1/s1. The molecule has 0 radical (unpaired) electrons. The van der Waals surface area contributed by atoms with Crippen LogP contribution in [0.4, 0.5) is 11.4 Å². The number of anilines is 2. The molecule has 1 fully saturated rings. The van der Waals surface area contributed by atoms with Gasteiger partial charge in [0.2, 0.25) is 11.8 Å². The van der Waals surface area contributed by atoms with Crippen LogP contribution in [0.1, 0.15) is 36.3 Å². The van der Waals surface area contributed by atoms with Crippen LogP contribution < -0.4 is 4.90 Å². The summed E-state index contributed by atoms with van der Waals surface area (Å²) in [7, 11) is 0. The second-order valence-corrected chi connectivity index (χ2v) is 14.7. The van der Waals surface area contributed by atoms with Gasteiger partial charge in [-0.25, -0.2) is 9.97 Å². The van der Waals surface area contributed by atoms with Gasteiger partial charge < -0.3 is 13.7 Å². The Morgan fingerprint density at radius 2 is 1.40 bits per heavy atom. The van der Waals surface area contributed by atoms with Gasteiger partial charge in [0.1, 0.15) is 11.0 Å². The Morgan fingerprint density at radius 3 is 2.14 bits per heavy atom. The Hall–Kier alpha value is -5.68. The number of aryl methyl sites for hydroxylation is 1. The Morgan fingerprint density at radius 1 is 0.680 bits per heavy atom. The molecule has 1 saturated carbocycles. The second kappa shape index (κ2) is 10.2. The van der Waals surface area contributed by atoms with Crippen LogP contribution in [-0.4, -0.2) is 16.0 Å². The van der Waals surface area contributed by atoms with E-state index in [0.29, 0.717) is 17.7 Å². The number of nitrogens with zero attached hydrogens (tertiary/aromatic N) is 3. The van der Waals surface area contributed by atoms with Gasteiger partial charge in [0.25, 0.3) is 0 Å². The molecule has 5 aromatic carbocycles. The van der Waals surface area contributed by atoms with Crippen LogP contribution in [0, 0.1) is 18.8 Å². The lowest BCUT2D eigenvalue weighted by molar-refractivity contribution is 0.185. The Bertz CT molecular complexity index is 2460. The predicted molar refractivity (Wildman–Crippen MR) is 198 cm³/mol. The van der Waals surface area contributed by atoms with Gasteiger partial charge in [-0.3, -0.25) is 0 Å². The van der Waals surface area contributed by atoms with Gasteiger partial charge in [-0.15, -0.1) is 0 Å². The zero-order valence-corrected chi connectivity index (χ0v) is 27.8. The summed E-state index contributed by atoms with van der Waals surface area (Å²) in [6, 6.07) is 41.1. The van der Waals surface area contributed by atoms with Gasteiger partial charge in [0.15, 0.2) is 11.2 Å². The SMILES string of the molecule is Cc1ccc(N2c3ccc(-c4ccc(-c5nc6ccccc6o5)cc4)cc3[C@]34CC(C=CC23)C2C=CC4(c3nc4ccccc4o3)CC2)cc1.